The molecule has 0 unspecified atom stereocenters. The second-order valence-electron chi connectivity index (χ2n) is 6.80. The molecule has 31 heavy (non-hydrogen) atoms. The molecule has 0 aliphatic heterocycles. The van der Waals surface area contributed by atoms with Gasteiger partial charge in [0.15, 0.2) is 0 Å². The normalized spacial score (nSPS) is 12.6. The number of halogens is 3. The number of rotatable bonds is 5. The van der Waals surface area contributed by atoms with Gasteiger partial charge in [-0.15, -0.1) is 0 Å². The average Bonchev–Trinajstić information content (AvgIpc) is 2.73. The van der Waals surface area contributed by atoms with Crippen LogP contribution in [0.25, 0.3) is 11.0 Å². The number of para-hydroxylation sites is 1. The molecule has 0 bridgehead atoms. The second-order valence-corrected chi connectivity index (χ2v) is 9.87. The van der Waals surface area contributed by atoms with Crippen LogP contribution in [0.1, 0.15) is 18.5 Å². The highest BCUT2D eigenvalue weighted by molar-refractivity contribution is 7.93. The van der Waals surface area contributed by atoms with Gasteiger partial charge in [-0.1, -0.05) is 53.0 Å². The van der Waals surface area contributed by atoms with Gasteiger partial charge < -0.3 is 0 Å². The van der Waals surface area contributed by atoms with Crippen molar-refractivity contribution in [2.45, 2.75) is 17.9 Å². The minimum atomic E-state index is -4.09. The Morgan fingerprint density at radius 2 is 1.58 bits per heavy atom. The van der Waals surface area contributed by atoms with Crippen LogP contribution in [0.4, 0.5) is 5.69 Å². The van der Waals surface area contributed by atoms with E-state index in [0.29, 0.717) is 31.8 Å². The maximum Gasteiger partial charge on any atom is 0.267 e. The van der Waals surface area contributed by atoms with Gasteiger partial charge in [-0.3, -0.25) is 14.3 Å². The van der Waals surface area contributed by atoms with Crippen molar-refractivity contribution in [3.05, 3.63) is 93.7 Å². The molecule has 0 N–H and O–H groups in total. The number of nitrogens with zero attached hydrogens (tertiary/aromatic N) is 3. The molecule has 0 saturated carbocycles. The van der Waals surface area contributed by atoms with Crippen LogP contribution in [0.3, 0.4) is 0 Å². The smallest absolute Gasteiger partial charge is 0.259 e. The van der Waals surface area contributed by atoms with Gasteiger partial charge in [-0.2, -0.15) is 0 Å². The summed E-state index contributed by atoms with van der Waals surface area (Å²) in [6.07, 6.45) is 2.98. The van der Waals surface area contributed by atoms with Crippen molar-refractivity contribution in [1.29, 1.82) is 0 Å². The number of hydrogen-bond acceptors (Lipinski definition) is 4. The summed E-state index contributed by atoms with van der Waals surface area (Å²) in [5.74, 6) is 0. The number of anilines is 1. The number of sulfonamides is 1. The molecule has 4 rings (SSSR count). The molecule has 1 aromatic heterocycles. The Balaban J connectivity index is 1.96. The van der Waals surface area contributed by atoms with Gasteiger partial charge in [0.1, 0.15) is 10.4 Å². The quantitative estimate of drug-likeness (QED) is 0.317. The first-order chi connectivity index (χ1) is 14.8. The van der Waals surface area contributed by atoms with Crippen LogP contribution in [-0.2, 0) is 10.0 Å². The molecule has 0 radical (unpaired) electrons. The van der Waals surface area contributed by atoms with E-state index >= 15 is 0 Å². The highest BCUT2D eigenvalue weighted by Gasteiger charge is 2.33. The molecule has 0 saturated heterocycles. The van der Waals surface area contributed by atoms with E-state index in [2.05, 4.69) is 9.97 Å². The van der Waals surface area contributed by atoms with E-state index in [4.69, 9.17) is 34.8 Å². The van der Waals surface area contributed by atoms with Crippen molar-refractivity contribution >= 4 is 61.5 Å². The van der Waals surface area contributed by atoms with Gasteiger partial charge in [0.25, 0.3) is 10.0 Å². The van der Waals surface area contributed by atoms with Crippen molar-refractivity contribution in [2.75, 3.05) is 4.31 Å². The number of aromatic nitrogens is 2. The molecule has 1 heterocycles. The van der Waals surface area contributed by atoms with Crippen LogP contribution in [0, 0.1) is 0 Å². The first-order valence-electron chi connectivity index (χ1n) is 9.24. The second kappa shape index (κ2) is 8.63. The van der Waals surface area contributed by atoms with Gasteiger partial charge >= 0.3 is 0 Å². The third kappa shape index (κ3) is 4.21. The Labute approximate surface area is 195 Å². The molecule has 9 heteroatoms. The summed E-state index contributed by atoms with van der Waals surface area (Å²) >= 11 is 18.7. The zero-order valence-electron chi connectivity index (χ0n) is 16.2. The van der Waals surface area contributed by atoms with E-state index in [1.165, 1.54) is 22.8 Å². The van der Waals surface area contributed by atoms with Crippen molar-refractivity contribution in [3.63, 3.8) is 0 Å². The van der Waals surface area contributed by atoms with E-state index in [1.807, 2.05) is 0 Å². The van der Waals surface area contributed by atoms with Crippen LogP contribution in [0.2, 0.25) is 15.1 Å². The molecule has 1 atom stereocenters. The zero-order valence-corrected chi connectivity index (χ0v) is 19.3. The lowest BCUT2D eigenvalue weighted by Crippen LogP contribution is -2.34. The van der Waals surface area contributed by atoms with E-state index in [9.17, 15) is 8.42 Å². The largest absolute Gasteiger partial charge is 0.267 e. The van der Waals surface area contributed by atoms with Crippen LogP contribution >= 0.6 is 34.8 Å². The van der Waals surface area contributed by atoms with Gasteiger partial charge in [0.2, 0.25) is 0 Å². The van der Waals surface area contributed by atoms with Crippen LogP contribution < -0.4 is 4.31 Å². The minimum Gasteiger partial charge on any atom is -0.259 e. The molecule has 5 nitrogen and oxygen atoms in total. The lowest BCUT2D eigenvalue weighted by molar-refractivity contribution is 0.583. The average molecular weight is 493 g/mol. The summed E-state index contributed by atoms with van der Waals surface area (Å²) in [6.45, 7) is 1.75. The standard InChI is InChI=1S/C22H16Cl3N3O2S/c1-14(18-9-8-16(24)13-19(18)25)28(17-5-2-4-15(23)12-17)31(29,30)21-7-3-6-20-22(21)27-11-10-26-20/h2-14H,1H3/t14-/m1/s1. The molecule has 0 spiro atoms. The third-order valence-corrected chi connectivity index (χ3v) is 7.55. The van der Waals surface area contributed by atoms with E-state index < -0.39 is 16.1 Å². The molecular weight excluding hydrogens is 477 g/mol. The minimum absolute atomic E-state index is 0.0370. The SMILES string of the molecule is C[C@H](c1ccc(Cl)cc1Cl)N(c1cccc(Cl)c1)S(=O)(=O)c1cccc2nccnc12. The summed E-state index contributed by atoms with van der Waals surface area (Å²) in [7, 11) is -4.09. The first-order valence-corrected chi connectivity index (χ1v) is 11.8. The highest BCUT2D eigenvalue weighted by Crippen LogP contribution is 2.38. The van der Waals surface area contributed by atoms with E-state index in [-0.39, 0.29) is 10.4 Å². The maximum absolute atomic E-state index is 14.0. The molecule has 3 aromatic carbocycles. The summed E-state index contributed by atoms with van der Waals surface area (Å²) in [5.41, 5.74) is 1.76. The van der Waals surface area contributed by atoms with Crippen molar-refractivity contribution in [3.8, 4) is 0 Å². The van der Waals surface area contributed by atoms with Crippen molar-refractivity contribution in [2.24, 2.45) is 0 Å². The summed E-state index contributed by atoms with van der Waals surface area (Å²) < 4.78 is 29.3. The Morgan fingerprint density at radius 1 is 0.871 bits per heavy atom. The Kier molecular flexibility index (Phi) is 6.08. The van der Waals surface area contributed by atoms with Gasteiger partial charge in [-0.25, -0.2) is 8.42 Å². The van der Waals surface area contributed by atoms with Gasteiger partial charge in [0, 0.05) is 27.5 Å². The fourth-order valence-corrected chi connectivity index (χ4v) is 5.97. The third-order valence-electron chi connectivity index (χ3n) is 4.83. The maximum atomic E-state index is 14.0. The molecular formula is C22H16Cl3N3O2S. The molecule has 0 fully saturated rings. The zero-order chi connectivity index (χ0) is 22.2. The van der Waals surface area contributed by atoms with Crippen LogP contribution in [-0.4, -0.2) is 18.4 Å². The topological polar surface area (TPSA) is 63.2 Å². The van der Waals surface area contributed by atoms with Gasteiger partial charge in [-0.05, 0) is 55.0 Å². The molecule has 158 valence electrons. The Bertz CT molecular complexity index is 1370. The van der Waals surface area contributed by atoms with E-state index in [1.54, 1.807) is 61.5 Å². The Morgan fingerprint density at radius 3 is 2.32 bits per heavy atom. The lowest BCUT2D eigenvalue weighted by Gasteiger charge is -2.31. The fraction of sp³-hybridized carbons (Fsp3) is 0.0909. The number of hydrogen-bond donors (Lipinski definition) is 0. The van der Waals surface area contributed by atoms with Crippen LogP contribution in [0.15, 0.2) is 78.0 Å². The van der Waals surface area contributed by atoms with E-state index in [0.717, 1.165) is 0 Å². The molecule has 0 aliphatic rings. The van der Waals surface area contributed by atoms with Crippen LogP contribution in [0.5, 0.6) is 0 Å². The number of benzene rings is 3. The summed E-state index contributed by atoms with van der Waals surface area (Å²) in [6, 6.07) is 15.8. The monoisotopic (exact) mass is 491 g/mol. The fourth-order valence-electron chi connectivity index (χ4n) is 3.43. The summed E-state index contributed by atoms with van der Waals surface area (Å²) in [5, 5.41) is 1.23. The first kappa shape index (κ1) is 21.8. The van der Waals surface area contributed by atoms with Crippen molar-refractivity contribution < 1.29 is 8.42 Å². The lowest BCUT2D eigenvalue weighted by atomic mass is 10.1. The Hall–Kier alpha value is -2.38. The van der Waals surface area contributed by atoms with Crippen molar-refractivity contribution in [1.82, 2.24) is 9.97 Å². The molecule has 0 amide bonds. The summed E-state index contributed by atoms with van der Waals surface area (Å²) in [4.78, 5) is 8.53. The predicted octanol–water partition coefficient (Wildman–Crippen LogP) is 6.55. The molecule has 4 aromatic rings. The predicted molar refractivity (Wildman–Crippen MR) is 126 cm³/mol. The van der Waals surface area contributed by atoms with Gasteiger partial charge in [0.05, 0.1) is 17.2 Å². The number of fused-ring (bicyclic) bond motifs is 1. The highest BCUT2D eigenvalue weighted by atomic mass is 35.5. The molecule has 0 aliphatic carbocycles.